The van der Waals surface area contributed by atoms with E-state index in [0.717, 1.165) is 51.7 Å². The number of aliphatic carboxylic acids is 1. The second kappa shape index (κ2) is 10.8. The predicted molar refractivity (Wildman–Crippen MR) is 90.5 cm³/mol. The van der Waals surface area contributed by atoms with Crippen molar-refractivity contribution in [1.29, 1.82) is 0 Å². The highest BCUT2D eigenvalue weighted by molar-refractivity contribution is 5.86. The number of carbonyl (C=O) groups is 2. The van der Waals surface area contributed by atoms with Crippen molar-refractivity contribution in [3.63, 3.8) is 0 Å². The van der Waals surface area contributed by atoms with Gasteiger partial charge < -0.3 is 15.3 Å². The Balaban J connectivity index is 0.00000441. The number of amides is 1. The van der Waals surface area contributed by atoms with Crippen LogP contribution in [0.15, 0.2) is 0 Å². The lowest BCUT2D eigenvalue weighted by molar-refractivity contribution is -0.140. The molecule has 0 aromatic carbocycles. The number of rotatable bonds is 9. The SMILES string of the molecule is CCN(CC)C(=O)C1(NCCCCC(=O)O)CCCCC1.Cl. The Morgan fingerprint density at radius 2 is 1.68 bits per heavy atom. The molecule has 1 aliphatic carbocycles. The molecule has 0 spiro atoms. The molecule has 130 valence electrons. The van der Waals surface area contributed by atoms with Crippen LogP contribution in [-0.2, 0) is 9.59 Å². The molecule has 0 atom stereocenters. The zero-order valence-electron chi connectivity index (χ0n) is 13.9. The van der Waals surface area contributed by atoms with Crippen molar-refractivity contribution >= 4 is 24.3 Å². The molecule has 2 N–H and O–H groups in total. The Kier molecular flexibility index (Phi) is 10.4. The van der Waals surface area contributed by atoms with Crippen LogP contribution < -0.4 is 5.32 Å². The van der Waals surface area contributed by atoms with Gasteiger partial charge >= 0.3 is 5.97 Å². The lowest BCUT2D eigenvalue weighted by Crippen LogP contribution is -2.59. The Morgan fingerprint density at radius 3 is 2.18 bits per heavy atom. The molecule has 0 aliphatic heterocycles. The molecule has 0 radical (unpaired) electrons. The van der Waals surface area contributed by atoms with Crippen LogP contribution in [0.2, 0.25) is 0 Å². The van der Waals surface area contributed by atoms with Crippen molar-refractivity contribution in [2.45, 2.75) is 70.8 Å². The van der Waals surface area contributed by atoms with Gasteiger partial charge in [-0.3, -0.25) is 9.59 Å². The van der Waals surface area contributed by atoms with Crippen LogP contribution in [0.5, 0.6) is 0 Å². The van der Waals surface area contributed by atoms with E-state index < -0.39 is 11.5 Å². The Labute approximate surface area is 140 Å². The fourth-order valence-corrected chi connectivity index (χ4v) is 3.16. The number of carboxylic acids is 1. The molecule has 0 saturated heterocycles. The minimum Gasteiger partial charge on any atom is -0.481 e. The summed E-state index contributed by atoms with van der Waals surface area (Å²) in [6.07, 6.45) is 6.87. The number of nitrogens with zero attached hydrogens (tertiary/aromatic N) is 1. The van der Waals surface area contributed by atoms with E-state index >= 15 is 0 Å². The second-order valence-corrected chi connectivity index (χ2v) is 5.90. The number of unbranched alkanes of at least 4 members (excludes halogenated alkanes) is 1. The van der Waals surface area contributed by atoms with E-state index in [1.807, 2.05) is 18.7 Å². The molecule has 1 fully saturated rings. The van der Waals surface area contributed by atoms with E-state index in [1.54, 1.807) is 0 Å². The maximum absolute atomic E-state index is 12.8. The van der Waals surface area contributed by atoms with Gasteiger partial charge in [-0.2, -0.15) is 0 Å². The Bertz CT molecular complexity index is 340. The Hall–Kier alpha value is -0.810. The normalized spacial score (nSPS) is 16.6. The first-order valence-electron chi connectivity index (χ1n) is 8.32. The van der Waals surface area contributed by atoms with Crippen molar-refractivity contribution in [2.75, 3.05) is 19.6 Å². The summed E-state index contributed by atoms with van der Waals surface area (Å²) in [5.41, 5.74) is -0.409. The first-order valence-corrected chi connectivity index (χ1v) is 8.32. The molecular weight excluding hydrogens is 304 g/mol. The second-order valence-electron chi connectivity index (χ2n) is 5.90. The molecule has 1 aliphatic rings. The molecule has 0 bridgehead atoms. The molecule has 0 aromatic heterocycles. The van der Waals surface area contributed by atoms with E-state index in [0.29, 0.717) is 6.42 Å². The van der Waals surface area contributed by atoms with Gasteiger partial charge in [-0.1, -0.05) is 19.3 Å². The molecule has 1 rings (SSSR count). The van der Waals surface area contributed by atoms with Gasteiger partial charge in [-0.15, -0.1) is 12.4 Å². The predicted octanol–water partition coefficient (Wildman–Crippen LogP) is 2.82. The summed E-state index contributed by atoms with van der Waals surface area (Å²) in [7, 11) is 0. The first kappa shape index (κ1) is 21.2. The molecule has 5 nitrogen and oxygen atoms in total. The summed E-state index contributed by atoms with van der Waals surface area (Å²) in [6.45, 7) is 6.26. The number of hydrogen-bond donors (Lipinski definition) is 2. The Morgan fingerprint density at radius 1 is 1.09 bits per heavy atom. The number of carbonyl (C=O) groups excluding carboxylic acids is 1. The first-order chi connectivity index (χ1) is 10.1. The average Bonchev–Trinajstić information content (AvgIpc) is 2.48. The average molecular weight is 335 g/mol. The monoisotopic (exact) mass is 334 g/mol. The quantitative estimate of drug-likeness (QED) is 0.636. The molecule has 1 amide bonds. The fraction of sp³-hybridized carbons (Fsp3) is 0.875. The van der Waals surface area contributed by atoms with Crippen LogP contribution in [0.4, 0.5) is 0 Å². The molecule has 0 heterocycles. The van der Waals surface area contributed by atoms with Gasteiger partial charge in [0.15, 0.2) is 0 Å². The van der Waals surface area contributed by atoms with Crippen LogP contribution in [0.1, 0.15) is 65.2 Å². The number of halogens is 1. The van der Waals surface area contributed by atoms with E-state index in [2.05, 4.69) is 5.32 Å². The summed E-state index contributed by atoms with van der Waals surface area (Å²) >= 11 is 0. The standard InChI is InChI=1S/C16H30N2O3.ClH/c1-3-18(4-2)15(21)16(11-7-5-8-12-16)17-13-9-6-10-14(19)20;/h17H,3-13H2,1-2H3,(H,19,20);1H. The maximum atomic E-state index is 12.8. The van der Waals surface area contributed by atoms with Crippen molar-refractivity contribution in [2.24, 2.45) is 0 Å². The van der Waals surface area contributed by atoms with Crippen LogP contribution >= 0.6 is 12.4 Å². The van der Waals surface area contributed by atoms with Gasteiger partial charge in [0.25, 0.3) is 0 Å². The number of hydrogen-bond acceptors (Lipinski definition) is 3. The van der Waals surface area contributed by atoms with Gasteiger partial charge in [0.05, 0.1) is 5.54 Å². The van der Waals surface area contributed by atoms with Crippen LogP contribution in [-0.4, -0.2) is 47.1 Å². The van der Waals surface area contributed by atoms with Gasteiger partial charge in [0.1, 0.15) is 0 Å². The lowest BCUT2D eigenvalue weighted by atomic mass is 9.80. The minimum absolute atomic E-state index is 0. The van der Waals surface area contributed by atoms with Crippen LogP contribution in [0, 0.1) is 0 Å². The highest BCUT2D eigenvalue weighted by Gasteiger charge is 2.40. The third-order valence-electron chi connectivity index (χ3n) is 4.45. The summed E-state index contributed by atoms with van der Waals surface area (Å²) in [6, 6.07) is 0. The van der Waals surface area contributed by atoms with Crippen molar-refractivity contribution in [3.8, 4) is 0 Å². The number of carboxylic acid groups (broad SMARTS) is 1. The molecule has 1 saturated carbocycles. The van der Waals surface area contributed by atoms with Gasteiger partial charge in [-0.25, -0.2) is 0 Å². The van der Waals surface area contributed by atoms with Gasteiger partial charge in [0.2, 0.25) is 5.91 Å². The topological polar surface area (TPSA) is 69.6 Å². The van der Waals surface area contributed by atoms with Crippen molar-refractivity contribution < 1.29 is 14.7 Å². The third kappa shape index (κ3) is 6.13. The largest absolute Gasteiger partial charge is 0.481 e. The van der Waals surface area contributed by atoms with Crippen molar-refractivity contribution in [3.05, 3.63) is 0 Å². The van der Waals surface area contributed by atoms with E-state index in [-0.39, 0.29) is 24.7 Å². The maximum Gasteiger partial charge on any atom is 0.303 e. The smallest absolute Gasteiger partial charge is 0.303 e. The van der Waals surface area contributed by atoms with Gasteiger partial charge in [-0.05, 0) is 46.1 Å². The summed E-state index contributed by atoms with van der Waals surface area (Å²) in [5, 5.41) is 12.1. The van der Waals surface area contributed by atoms with Crippen LogP contribution in [0.3, 0.4) is 0 Å². The van der Waals surface area contributed by atoms with Crippen LogP contribution in [0.25, 0.3) is 0 Å². The third-order valence-corrected chi connectivity index (χ3v) is 4.45. The molecule has 0 aromatic rings. The molecular formula is C16H31ClN2O3. The highest BCUT2D eigenvalue weighted by atomic mass is 35.5. The molecule has 0 unspecified atom stereocenters. The minimum atomic E-state index is -0.749. The summed E-state index contributed by atoms with van der Waals surface area (Å²) in [5.74, 6) is -0.521. The van der Waals surface area contributed by atoms with E-state index in [4.69, 9.17) is 5.11 Å². The molecule has 6 heteroatoms. The van der Waals surface area contributed by atoms with Crippen molar-refractivity contribution in [1.82, 2.24) is 10.2 Å². The fourth-order valence-electron chi connectivity index (χ4n) is 3.16. The highest BCUT2D eigenvalue weighted by Crippen LogP contribution is 2.30. The summed E-state index contributed by atoms with van der Waals surface area (Å²) in [4.78, 5) is 25.3. The number of nitrogens with one attached hydrogen (secondary N) is 1. The summed E-state index contributed by atoms with van der Waals surface area (Å²) < 4.78 is 0. The zero-order chi connectivity index (χ0) is 15.7. The van der Waals surface area contributed by atoms with Gasteiger partial charge in [0, 0.05) is 19.5 Å². The zero-order valence-corrected chi connectivity index (χ0v) is 14.7. The lowest BCUT2D eigenvalue weighted by Gasteiger charge is -2.40. The number of likely N-dealkylation sites (N-methyl/N-ethyl adjacent to an activating group) is 1. The van der Waals surface area contributed by atoms with E-state index in [1.165, 1.54) is 6.42 Å². The van der Waals surface area contributed by atoms with E-state index in [9.17, 15) is 9.59 Å². The molecule has 22 heavy (non-hydrogen) atoms.